The third-order valence-corrected chi connectivity index (χ3v) is 4.20. The van der Waals surface area contributed by atoms with Crippen LogP contribution in [0.4, 0.5) is 0 Å². The Balaban J connectivity index is 2.05. The number of carbonyl (C=O) groups is 1. The number of rotatable bonds is 4. The molecule has 0 radical (unpaired) electrons. The van der Waals surface area contributed by atoms with Gasteiger partial charge in [0.25, 0.3) is 5.91 Å². The number of hydrogen-bond donors (Lipinski definition) is 0. The normalized spacial score (nSPS) is 18.9. The van der Waals surface area contributed by atoms with Crippen LogP contribution in [0, 0.1) is 6.92 Å². The SMILES string of the molecule is CCN(C[C@@H]1CCCCO1)C(=O)c1ccc(Cl)c(C)c1. The van der Waals surface area contributed by atoms with E-state index < -0.39 is 0 Å². The molecular formula is C16H22ClNO2. The molecule has 1 atom stereocenters. The fourth-order valence-electron chi connectivity index (χ4n) is 2.51. The lowest BCUT2D eigenvalue weighted by atomic mass is 10.1. The number of aryl methyl sites for hydroxylation is 1. The van der Waals surface area contributed by atoms with Crippen molar-refractivity contribution >= 4 is 17.5 Å². The van der Waals surface area contributed by atoms with Gasteiger partial charge in [-0.15, -0.1) is 0 Å². The number of carbonyl (C=O) groups excluding carboxylic acids is 1. The van der Waals surface area contributed by atoms with E-state index in [9.17, 15) is 4.79 Å². The molecule has 0 unspecified atom stereocenters. The summed E-state index contributed by atoms with van der Waals surface area (Å²) in [6, 6.07) is 5.44. The number of likely N-dealkylation sites (N-methyl/N-ethyl adjacent to an activating group) is 1. The molecule has 1 aliphatic rings. The standard InChI is InChI=1S/C16H22ClNO2/c1-3-18(11-14-6-4-5-9-20-14)16(19)13-7-8-15(17)12(2)10-13/h7-8,10,14H,3-6,9,11H2,1-2H3/t14-/m0/s1. The second-order valence-electron chi connectivity index (χ2n) is 5.30. The average molecular weight is 296 g/mol. The Morgan fingerprint density at radius 3 is 2.85 bits per heavy atom. The van der Waals surface area contributed by atoms with E-state index in [1.165, 1.54) is 6.42 Å². The van der Waals surface area contributed by atoms with Crippen LogP contribution >= 0.6 is 11.6 Å². The molecule has 3 nitrogen and oxygen atoms in total. The number of nitrogens with zero attached hydrogens (tertiary/aromatic N) is 1. The molecule has 1 heterocycles. The first-order chi connectivity index (χ1) is 9.61. The monoisotopic (exact) mass is 295 g/mol. The van der Waals surface area contributed by atoms with E-state index in [1.807, 2.05) is 24.8 Å². The second-order valence-corrected chi connectivity index (χ2v) is 5.70. The molecule has 1 amide bonds. The summed E-state index contributed by atoms with van der Waals surface area (Å²) < 4.78 is 5.72. The molecule has 1 saturated heterocycles. The van der Waals surface area contributed by atoms with Crippen LogP contribution < -0.4 is 0 Å². The molecule has 0 N–H and O–H groups in total. The Morgan fingerprint density at radius 2 is 2.25 bits per heavy atom. The third-order valence-electron chi connectivity index (χ3n) is 3.77. The van der Waals surface area contributed by atoms with Crippen molar-refractivity contribution in [1.29, 1.82) is 0 Å². The van der Waals surface area contributed by atoms with Crippen molar-refractivity contribution in [2.75, 3.05) is 19.7 Å². The number of hydrogen-bond acceptors (Lipinski definition) is 2. The fourth-order valence-corrected chi connectivity index (χ4v) is 2.63. The van der Waals surface area contributed by atoms with Crippen LogP contribution in [0.1, 0.15) is 42.1 Å². The zero-order valence-corrected chi connectivity index (χ0v) is 12.9. The van der Waals surface area contributed by atoms with Crippen molar-refractivity contribution in [3.05, 3.63) is 34.3 Å². The Labute approximate surface area is 125 Å². The van der Waals surface area contributed by atoms with Crippen LogP contribution in [0.15, 0.2) is 18.2 Å². The van der Waals surface area contributed by atoms with Gasteiger partial charge in [0.15, 0.2) is 0 Å². The minimum Gasteiger partial charge on any atom is -0.376 e. The van der Waals surface area contributed by atoms with Gasteiger partial charge < -0.3 is 9.64 Å². The van der Waals surface area contributed by atoms with E-state index in [0.29, 0.717) is 23.7 Å². The average Bonchev–Trinajstić information content (AvgIpc) is 2.48. The molecule has 1 fully saturated rings. The lowest BCUT2D eigenvalue weighted by Crippen LogP contribution is -2.39. The maximum absolute atomic E-state index is 12.5. The van der Waals surface area contributed by atoms with Gasteiger partial charge in [0.05, 0.1) is 6.10 Å². The highest BCUT2D eigenvalue weighted by molar-refractivity contribution is 6.31. The highest BCUT2D eigenvalue weighted by atomic mass is 35.5. The number of amides is 1. The highest BCUT2D eigenvalue weighted by Gasteiger charge is 2.21. The molecule has 0 spiro atoms. The summed E-state index contributed by atoms with van der Waals surface area (Å²) in [5.41, 5.74) is 1.63. The predicted molar refractivity (Wildman–Crippen MR) is 81.4 cm³/mol. The fraction of sp³-hybridized carbons (Fsp3) is 0.562. The van der Waals surface area contributed by atoms with Crippen LogP contribution in [0.2, 0.25) is 5.02 Å². The third kappa shape index (κ3) is 3.74. The molecule has 4 heteroatoms. The molecule has 20 heavy (non-hydrogen) atoms. The van der Waals surface area contributed by atoms with Gasteiger partial charge in [-0.25, -0.2) is 0 Å². The smallest absolute Gasteiger partial charge is 0.253 e. The van der Waals surface area contributed by atoms with E-state index in [1.54, 1.807) is 12.1 Å². The minimum absolute atomic E-state index is 0.0569. The van der Waals surface area contributed by atoms with Crippen molar-refractivity contribution < 1.29 is 9.53 Å². The van der Waals surface area contributed by atoms with E-state index in [2.05, 4.69) is 0 Å². The number of halogens is 1. The first-order valence-electron chi connectivity index (χ1n) is 7.29. The zero-order valence-electron chi connectivity index (χ0n) is 12.2. The van der Waals surface area contributed by atoms with Crippen molar-refractivity contribution in [3.8, 4) is 0 Å². The van der Waals surface area contributed by atoms with E-state index in [-0.39, 0.29) is 12.0 Å². The highest BCUT2D eigenvalue weighted by Crippen LogP contribution is 2.19. The summed E-state index contributed by atoms with van der Waals surface area (Å²) in [5.74, 6) is 0.0569. The molecule has 1 aliphatic heterocycles. The largest absolute Gasteiger partial charge is 0.376 e. The van der Waals surface area contributed by atoms with Crippen LogP contribution in [0.5, 0.6) is 0 Å². The molecule has 1 aromatic carbocycles. The summed E-state index contributed by atoms with van der Waals surface area (Å²) in [6.07, 6.45) is 3.55. The molecule has 1 aromatic rings. The Kier molecular flexibility index (Phi) is 5.44. The summed E-state index contributed by atoms with van der Waals surface area (Å²) in [7, 11) is 0. The summed E-state index contributed by atoms with van der Waals surface area (Å²) >= 11 is 6.01. The molecule has 110 valence electrons. The van der Waals surface area contributed by atoms with Gasteiger partial charge in [-0.1, -0.05) is 11.6 Å². The van der Waals surface area contributed by atoms with Gasteiger partial charge in [0.2, 0.25) is 0 Å². The van der Waals surface area contributed by atoms with Gasteiger partial charge in [-0.3, -0.25) is 4.79 Å². The quantitative estimate of drug-likeness (QED) is 0.848. The topological polar surface area (TPSA) is 29.5 Å². The zero-order chi connectivity index (χ0) is 14.5. The number of ether oxygens (including phenoxy) is 1. The molecule has 0 bridgehead atoms. The van der Waals surface area contributed by atoms with Crippen LogP contribution in [0.3, 0.4) is 0 Å². The van der Waals surface area contributed by atoms with Gasteiger partial charge in [0.1, 0.15) is 0 Å². The van der Waals surface area contributed by atoms with Crippen molar-refractivity contribution in [2.24, 2.45) is 0 Å². The molecule has 2 rings (SSSR count). The maximum atomic E-state index is 12.5. The molecule has 0 aromatic heterocycles. The number of benzene rings is 1. The van der Waals surface area contributed by atoms with Crippen LogP contribution in [-0.2, 0) is 4.74 Å². The van der Waals surface area contributed by atoms with Gasteiger partial charge in [-0.2, -0.15) is 0 Å². The lowest BCUT2D eigenvalue weighted by Gasteiger charge is -2.29. The Bertz CT molecular complexity index is 470. The van der Waals surface area contributed by atoms with E-state index >= 15 is 0 Å². The molecular weight excluding hydrogens is 274 g/mol. The summed E-state index contributed by atoms with van der Waals surface area (Å²) in [4.78, 5) is 14.4. The predicted octanol–water partition coefficient (Wildman–Crippen LogP) is 3.68. The lowest BCUT2D eigenvalue weighted by molar-refractivity contribution is -0.00311. The summed E-state index contributed by atoms with van der Waals surface area (Å²) in [5, 5.41) is 0.695. The molecule has 0 aliphatic carbocycles. The second kappa shape index (κ2) is 7.09. The van der Waals surface area contributed by atoms with Gasteiger partial charge in [0, 0.05) is 30.3 Å². The van der Waals surface area contributed by atoms with Crippen LogP contribution in [0.25, 0.3) is 0 Å². The van der Waals surface area contributed by atoms with E-state index in [0.717, 1.165) is 25.0 Å². The Hall–Kier alpha value is -1.06. The van der Waals surface area contributed by atoms with Crippen molar-refractivity contribution in [3.63, 3.8) is 0 Å². The van der Waals surface area contributed by atoms with Crippen LogP contribution in [-0.4, -0.2) is 36.6 Å². The van der Waals surface area contributed by atoms with Gasteiger partial charge in [-0.05, 0) is 56.9 Å². The minimum atomic E-state index is 0.0569. The van der Waals surface area contributed by atoms with Crippen molar-refractivity contribution in [2.45, 2.75) is 39.2 Å². The molecule has 0 saturated carbocycles. The van der Waals surface area contributed by atoms with Gasteiger partial charge >= 0.3 is 0 Å². The first-order valence-corrected chi connectivity index (χ1v) is 7.66. The first kappa shape index (κ1) is 15.3. The van der Waals surface area contributed by atoms with E-state index in [4.69, 9.17) is 16.3 Å². The van der Waals surface area contributed by atoms with Crippen molar-refractivity contribution in [1.82, 2.24) is 4.90 Å². The Morgan fingerprint density at radius 1 is 1.45 bits per heavy atom. The summed E-state index contributed by atoms with van der Waals surface area (Å²) in [6.45, 7) is 6.11. The maximum Gasteiger partial charge on any atom is 0.253 e.